The fourth-order valence-electron chi connectivity index (χ4n) is 3.13. The van der Waals surface area contributed by atoms with Crippen molar-refractivity contribution < 1.29 is 23.4 Å². The van der Waals surface area contributed by atoms with Gasteiger partial charge in [0.15, 0.2) is 17.2 Å². The Kier molecular flexibility index (Phi) is 7.56. The minimum Gasteiger partial charge on any atom is -0.490 e. The van der Waals surface area contributed by atoms with Gasteiger partial charge in [0.1, 0.15) is 12.4 Å². The molecule has 0 N–H and O–H groups in total. The number of cyclic esters (lactones) is 1. The summed E-state index contributed by atoms with van der Waals surface area (Å²) in [5.41, 5.74) is 2.11. The largest absolute Gasteiger partial charge is 0.490 e. The van der Waals surface area contributed by atoms with Crippen LogP contribution in [0.2, 0.25) is 10.0 Å². The Morgan fingerprint density at radius 1 is 1.06 bits per heavy atom. The number of nitrogens with zero attached hydrogens (tertiary/aromatic N) is 1. The van der Waals surface area contributed by atoms with Gasteiger partial charge in [-0.05, 0) is 82.5 Å². The molecule has 3 aromatic rings. The Balaban J connectivity index is 1.61. The maximum atomic E-state index is 13.1. The third-order valence-corrected chi connectivity index (χ3v) is 6.05. The van der Waals surface area contributed by atoms with Gasteiger partial charge in [0, 0.05) is 5.56 Å². The zero-order valence-corrected chi connectivity index (χ0v) is 20.9. The van der Waals surface area contributed by atoms with E-state index in [2.05, 4.69) is 20.9 Å². The van der Waals surface area contributed by atoms with Gasteiger partial charge in [-0.15, -0.1) is 0 Å². The van der Waals surface area contributed by atoms with Crippen molar-refractivity contribution in [1.82, 2.24) is 0 Å². The lowest BCUT2D eigenvalue weighted by Gasteiger charge is -2.15. The first kappa shape index (κ1) is 24.3. The number of hydrogen-bond donors (Lipinski definition) is 0. The molecule has 0 amide bonds. The van der Waals surface area contributed by atoms with E-state index in [0.29, 0.717) is 43.8 Å². The first-order chi connectivity index (χ1) is 16.3. The zero-order chi connectivity index (χ0) is 24.2. The number of ether oxygens (including phenoxy) is 3. The van der Waals surface area contributed by atoms with Crippen LogP contribution in [0.4, 0.5) is 4.39 Å². The van der Waals surface area contributed by atoms with Crippen LogP contribution in [0.25, 0.3) is 6.08 Å². The highest BCUT2D eigenvalue weighted by Crippen LogP contribution is 2.38. The average Bonchev–Trinajstić information content (AvgIpc) is 3.16. The van der Waals surface area contributed by atoms with Crippen molar-refractivity contribution in [3.8, 4) is 11.5 Å². The Hall–Kier alpha value is -2.87. The van der Waals surface area contributed by atoms with Gasteiger partial charge in [0.2, 0.25) is 5.90 Å². The molecule has 5 nitrogen and oxygen atoms in total. The lowest BCUT2D eigenvalue weighted by Crippen LogP contribution is -2.05. The van der Waals surface area contributed by atoms with E-state index in [-0.39, 0.29) is 24.0 Å². The van der Waals surface area contributed by atoms with Crippen LogP contribution in [0.15, 0.2) is 69.8 Å². The molecule has 9 heteroatoms. The number of esters is 1. The molecule has 0 radical (unpaired) electrons. The minimum atomic E-state index is -0.591. The van der Waals surface area contributed by atoms with Gasteiger partial charge in [-0.25, -0.2) is 14.2 Å². The van der Waals surface area contributed by atoms with Gasteiger partial charge >= 0.3 is 5.97 Å². The van der Waals surface area contributed by atoms with Crippen molar-refractivity contribution in [2.75, 3.05) is 6.61 Å². The second kappa shape index (κ2) is 10.6. The first-order valence-electron chi connectivity index (χ1n) is 10.2. The molecule has 0 saturated carbocycles. The third kappa shape index (κ3) is 5.60. The standard InChI is InChI=1S/C25H17BrCl2FNO4/c1-2-32-22-11-15(9-18(26)23(22)33-13-14-3-6-17(29)7-4-14)10-21-25(31)34-24(30-21)16-5-8-19(27)20(28)12-16/h3-12H,2,13H2,1H3/b21-10-. The van der Waals surface area contributed by atoms with E-state index in [0.717, 1.165) is 5.56 Å². The van der Waals surface area contributed by atoms with Gasteiger partial charge in [0.05, 0.1) is 21.1 Å². The molecule has 0 unspecified atom stereocenters. The highest BCUT2D eigenvalue weighted by atomic mass is 79.9. The fraction of sp³-hybridized carbons (Fsp3) is 0.120. The van der Waals surface area contributed by atoms with Crippen LogP contribution < -0.4 is 9.47 Å². The molecule has 1 aliphatic rings. The SMILES string of the molecule is CCOc1cc(/C=C2\N=C(c3ccc(Cl)c(Cl)c3)OC2=O)cc(Br)c1OCc1ccc(F)cc1. The fourth-order valence-corrected chi connectivity index (χ4v) is 4.00. The maximum absolute atomic E-state index is 13.1. The van der Waals surface area contributed by atoms with Crippen LogP contribution in [0.3, 0.4) is 0 Å². The summed E-state index contributed by atoms with van der Waals surface area (Å²) in [6.45, 7) is 2.48. The number of halogens is 4. The van der Waals surface area contributed by atoms with Gasteiger partial charge in [-0.3, -0.25) is 0 Å². The highest BCUT2D eigenvalue weighted by Gasteiger charge is 2.25. The maximum Gasteiger partial charge on any atom is 0.363 e. The summed E-state index contributed by atoms with van der Waals surface area (Å²) in [5, 5.41) is 0.720. The lowest BCUT2D eigenvalue weighted by molar-refractivity contribution is -0.129. The van der Waals surface area contributed by atoms with Crippen molar-refractivity contribution in [2.45, 2.75) is 13.5 Å². The first-order valence-corrected chi connectivity index (χ1v) is 11.7. The van der Waals surface area contributed by atoms with Gasteiger partial charge in [-0.2, -0.15) is 0 Å². The van der Waals surface area contributed by atoms with Gasteiger partial charge in [0.25, 0.3) is 0 Å². The average molecular weight is 565 g/mol. The predicted molar refractivity (Wildman–Crippen MR) is 133 cm³/mol. The summed E-state index contributed by atoms with van der Waals surface area (Å²) in [5.74, 6) is 0.200. The van der Waals surface area contributed by atoms with E-state index in [1.807, 2.05) is 6.92 Å². The third-order valence-electron chi connectivity index (χ3n) is 4.72. The Labute approximate surface area is 213 Å². The van der Waals surface area contributed by atoms with Crippen LogP contribution in [0, 0.1) is 5.82 Å². The van der Waals surface area contributed by atoms with Crippen molar-refractivity contribution >= 4 is 57.1 Å². The van der Waals surface area contributed by atoms with Crippen molar-refractivity contribution in [3.63, 3.8) is 0 Å². The molecule has 174 valence electrons. The summed E-state index contributed by atoms with van der Waals surface area (Å²) < 4.78 is 30.7. The van der Waals surface area contributed by atoms with Crippen LogP contribution in [-0.4, -0.2) is 18.5 Å². The van der Waals surface area contributed by atoms with E-state index < -0.39 is 5.97 Å². The second-order valence-electron chi connectivity index (χ2n) is 7.14. The molecular formula is C25H17BrCl2FNO4. The van der Waals surface area contributed by atoms with E-state index in [1.54, 1.807) is 48.5 Å². The molecule has 0 aromatic heterocycles. The molecule has 1 heterocycles. The van der Waals surface area contributed by atoms with Crippen LogP contribution in [0.1, 0.15) is 23.6 Å². The summed E-state index contributed by atoms with van der Waals surface area (Å²) in [6, 6.07) is 14.4. The molecule has 0 aliphatic carbocycles. The Morgan fingerprint density at radius 3 is 2.53 bits per heavy atom. The highest BCUT2D eigenvalue weighted by molar-refractivity contribution is 9.10. The summed E-state index contributed by atoms with van der Waals surface area (Å²) >= 11 is 15.5. The molecule has 1 aliphatic heterocycles. The number of carbonyl (C=O) groups is 1. The molecule has 0 fully saturated rings. The summed E-state index contributed by atoms with van der Waals surface area (Å²) in [7, 11) is 0. The number of benzene rings is 3. The zero-order valence-electron chi connectivity index (χ0n) is 17.8. The lowest BCUT2D eigenvalue weighted by atomic mass is 10.1. The number of hydrogen-bond acceptors (Lipinski definition) is 5. The molecule has 0 spiro atoms. The van der Waals surface area contributed by atoms with Crippen molar-refractivity contribution in [2.24, 2.45) is 4.99 Å². The number of aliphatic imine (C=N–C) groups is 1. The smallest absolute Gasteiger partial charge is 0.363 e. The quantitative estimate of drug-likeness (QED) is 0.224. The van der Waals surface area contributed by atoms with Crippen molar-refractivity contribution in [3.05, 3.63) is 97.3 Å². The monoisotopic (exact) mass is 563 g/mol. The molecule has 4 rings (SSSR count). The molecule has 3 aromatic carbocycles. The van der Waals surface area contributed by atoms with Crippen molar-refractivity contribution in [1.29, 1.82) is 0 Å². The van der Waals surface area contributed by atoms with E-state index in [1.165, 1.54) is 12.1 Å². The Morgan fingerprint density at radius 2 is 1.82 bits per heavy atom. The predicted octanol–water partition coefficient (Wildman–Crippen LogP) is 7.22. The van der Waals surface area contributed by atoms with Crippen LogP contribution in [0.5, 0.6) is 11.5 Å². The molecule has 0 atom stereocenters. The summed E-state index contributed by atoms with van der Waals surface area (Å²) in [6.07, 6.45) is 1.59. The van der Waals surface area contributed by atoms with Gasteiger partial charge < -0.3 is 14.2 Å². The number of carbonyl (C=O) groups excluding carboxylic acids is 1. The number of rotatable bonds is 7. The van der Waals surface area contributed by atoms with E-state index in [4.69, 9.17) is 37.4 Å². The Bertz CT molecular complexity index is 1310. The minimum absolute atomic E-state index is 0.121. The summed E-state index contributed by atoms with van der Waals surface area (Å²) in [4.78, 5) is 16.7. The molecule has 0 saturated heterocycles. The van der Waals surface area contributed by atoms with Gasteiger partial charge in [-0.1, -0.05) is 35.3 Å². The normalized spacial score (nSPS) is 14.2. The van der Waals surface area contributed by atoms with Crippen LogP contribution >= 0.6 is 39.1 Å². The van der Waals surface area contributed by atoms with E-state index >= 15 is 0 Å². The molecular weight excluding hydrogens is 548 g/mol. The molecule has 0 bridgehead atoms. The van der Waals surface area contributed by atoms with Crippen LogP contribution in [-0.2, 0) is 16.1 Å². The topological polar surface area (TPSA) is 57.1 Å². The second-order valence-corrected chi connectivity index (χ2v) is 8.81. The van der Waals surface area contributed by atoms with E-state index in [9.17, 15) is 9.18 Å². The molecule has 34 heavy (non-hydrogen) atoms.